The van der Waals surface area contributed by atoms with Crippen molar-refractivity contribution in [1.29, 1.82) is 0 Å². The second kappa shape index (κ2) is 5.17. The van der Waals surface area contributed by atoms with E-state index in [4.69, 9.17) is 0 Å². The Bertz CT molecular complexity index is 780. The molecule has 0 spiro atoms. The van der Waals surface area contributed by atoms with E-state index in [0.29, 0.717) is 0 Å². The molecule has 104 valence electrons. The first-order valence-electron chi connectivity index (χ1n) is 7.19. The van der Waals surface area contributed by atoms with Crippen LogP contribution in [0.5, 0.6) is 0 Å². The van der Waals surface area contributed by atoms with Gasteiger partial charge in [0.25, 0.3) is 0 Å². The molecular formula is C20H18O. The summed E-state index contributed by atoms with van der Waals surface area (Å²) in [5.41, 5.74) is 1.28. The van der Waals surface area contributed by atoms with Gasteiger partial charge in [-0.2, -0.15) is 0 Å². The normalized spacial score (nSPS) is 11.5. The lowest BCUT2D eigenvalue weighted by atomic mass is 9.76. The highest BCUT2D eigenvalue weighted by molar-refractivity contribution is 6.06. The molecule has 0 bridgehead atoms. The van der Waals surface area contributed by atoms with Gasteiger partial charge in [0.05, 0.1) is 5.41 Å². The van der Waals surface area contributed by atoms with Gasteiger partial charge < -0.3 is 0 Å². The van der Waals surface area contributed by atoms with Crippen molar-refractivity contribution in [3.8, 4) is 0 Å². The van der Waals surface area contributed by atoms with E-state index in [-0.39, 0.29) is 5.78 Å². The average molecular weight is 274 g/mol. The number of hydrogen-bond donors (Lipinski definition) is 0. The van der Waals surface area contributed by atoms with Crippen molar-refractivity contribution >= 4 is 16.6 Å². The zero-order valence-corrected chi connectivity index (χ0v) is 12.3. The van der Waals surface area contributed by atoms with Crippen molar-refractivity contribution in [2.45, 2.75) is 19.3 Å². The highest BCUT2D eigenvalue weighted by atomic mass is 16.1. The molecule has 3 aromatic rings. The van der Waals surface area contributed by atoms with Gasteiger partial charge in [-0.3, -0.25) is 4.79 Å². The van der Waals surface area contributed by atoms with E-state index in [1.54, 1.807) is 0 Å². The largest absolute Gasteiger partial charge is 0.293 e. The number of rotatable bonds is 3. The molecule has 1 heteroatoms. The van der Waals surface area contributed by atoms with Crippen LogP contribution in [-0.4, -0.2) is 5.78 Å². The topological polar surface area (TPSA) is 17.1 Å². The van der Waals surface area contributed by atoms with E-state index >= 15 is 0 Å². The van der Waals surface area contributed by atoms with E-state index in [1.165, 1.54) is 5.39 Å². The van der Waals surface area contributed by atoms with Crippen molar-refractivity contribution in [2.24, 2.45) is 0 Å². The lowest BCUT2D eigenvalue weighted by Gasteiger charge is -2.25. The maximum absolute atomic E-state index is 12.9. The lowest BCUT2D eigenvalue weighted by molar-refractivity contribution is 0.0909. The molecule has 3 aromatic carbocycles. The fourth-order valence-electron chi connectivity index (χ4n) is 2.84. The molecule has 0 aliphatic rings. The highest BCUT2D eigenvalue weighted by Gasteiger charge is 2.31. The Balaban J connectivity index is 2.14. The third kappa shape index (κ3) is 2.36. The number of Topliss-reactive ketones (excluding diaryl/α,β-unsaturated/α-hetero) is 1. The maximum atomic E-state index is 12.9. The van der Waals surface area contributed by atoms with Crippen molar-refractivity contribution < 1.29 is 4.79 Å². The second-order valence-electron chi connectivity index (χ2n) is 5.85. The minimum absolute atomic E-state index is 0.152. The molecule has 0 unspecified atom stereocenters. The van der Waals surface area contributed by atoms with Gasteiger partial charge in [0, 0.05) is 5.56 Å². The summed E-state index contributed by atoms with van der Waals surface area (Å²) < 4.78 is 0. The molecule has 0 fully saturated rings. The van der Waals surface area contributed by atoms with Gasteiger partial charge in [0.2, 0.25) is 0 Å². The molecular weight excluding hydrogens is 256 g/mol. The van der Waals surface area contributed by atoms with Gasteiger partial charge in [-0.25, -0.2) is 0 Å². The van der Waals surface area contributed by atoms with E-state index in [1.807, 2.05) is 62.4 Å². The highest BCUT2D eigenvalue weighted by Crippen LogP contribution is 2.33. The molecule has 21 heavy (non-hydrogen) atoms. The molecule has 0 N–H and O–H groups in total. The van der Waals surface area contributed by atoms with Gasteiger partial charge in [-0.15, -0.1) is 0 Å². The SMILES string of the molecule is CC(C)(C(=O)c1ccccc1)c1cccc2ccccc12. The first-order valence-corrected chi connectivity index (χ1v) is 7.19. The fourth-order valence-corrected chi connectivity index (χ4v) is 2.84. The monoisotopic (exact) mass is 274 g/mol. The number of hydrogen-bond acceptors (Lipinski definition) is 1. The van der Waals surface area contributed by atoms with E-state index in [2.05, 4.69) is 24.3 Å². The van der Waals surface area contributed by atoms with Crippen molar-refractivity contribution in [3.63, 3.8) is 0 Å². The Morgan fingerprint density at radius 3 is 2.14 bits per heavy atom. The standard InChI is InChI=1S/C20H18O/c1-20(2,19(21)16-10-4-3-5-11-16)18-14-8-12-15-9-6-7-13-17(15)18/h3-14H,1-2H3. The number of benzene rings is 3. The Hall–Kier alpha value is -2.41. The van der Waals surface area contributed by atoms with Crippen LogP contribution in [0.4, 0.5) is 0 Å². The van der Waals surface area contributed by atoms with Crippen molar-refractivity contribution in [1.82, 2.24) is 0 Å². The van der Waals surface area contributed by atoms with Gasteiger partial charge >= 0.3 is 0 Å². The Labute approximate surface area is 125 Å². The van der Waals surface area contributed by atoms with Crippen LogP contribution >= 0.6 is 0 Å². The fraction of sp³-hybridized carbons (Fsp3) is 0.150. The molecule has 0 atom stereocenters. The molecule has 3 rings (SSSR count). The Morgan fingerprint density at radius 2 is 1.38 bits per heavy atom. The minimum atomic E-state index is -0.553. The quantitative estimate of drug-likeness (QED) is 0.614. The van der Waals surface area contributed by atoms with E-state index in [0.717, 1.165) is 16.5 Å². The zero-order chi connectivity index (χ0) is 14.9. The van der Waals surface area contributed by atoms with Crippen LogP contribution in [0.15, 0.2) is 72.8 Å². The Kier molecular flexibility index (Phi) is 3.34. The van der Waals surface area contributed by atoms with Gasteiger partial charge in [-0.1, -0.05) is 72.8 Å². The zero-order valence-electron chi connectivity index (χ0n) is 12.3. The predicted octanol–water partition coefficient (Wildman–Crippen LogP) is 5.00. The van der Waals surface area contributed by atoms with Crippen LogP contribution in [0.2, 0.25) is 0 Å². The molecule has 0 amide bonds. The molecule has 0 aliphatic carbocycles. The average Bonchev–Trinajstić information content (AvgIpc) is 2.54. The molecule has 1 nitrogen and oxygen atoms in total. The van der Waals surface area contributed by atoms with Crippen LogP contribution in [0.1, 0.15) is 29.8 Å². The van der Waals surface area contributed by atoms with E-state index < -0.39 is 5.41 Å². The van der Waals surface area contributed by atoms with Crippen LogP contribution < -0.4 is 0 Å². The summed E-state index contributed by atoms with van der Waals surface area (Å²) in [7, 11) is 0. The summed E-state index contributed by atoms with van der Waals surface area (Å²) in [6.07, 6.45) is 0. The smallest absolute Gasteiger partial charge is 0.172 e. The molecule has 0 saturated heterocycles. The number of fused-ring (bicyclic) bond motifs is 1. The third-order valence-corrected chi connectivity index (χ3v) is 4.07. The summed E-state index contributed by atoms with van der Waals surface area (Å²) in [5.74, 6) is 0.152. The predicted molar refractivity (Wildman–Crippen MR) is 87.7 cm³/mol. The molecule has 0 aromatic heterocycles. The number of carbonyl (C=O) groups excluding carboxylic acids is 1. The van der Waals surface area contributed by atoms with Crippen LogP contribution in [0.3, 0.4) is 0 Å². The first kappa shape index (κ1) is 13.6. The van der Waals surface area contributed by atoms with Gasteiger partial charge in [0.1, 0.15) is 0 Å². The molecule has 0 aliphatic heterocycles. The van der Waals surface area contributed by atoms with Crippen LogP contribution in [-0.2, 0) is 5.41 Å². The van der Waals surface area contributed by atoms with Crippen LogP contribution in [0, 0.1) is 0 Å². The Morgan fingerprint density at radius 1 is 0.762 bits per heavy atom. The number of carbonyl (C=O) groups is 1. The lowest BCUT2D eigenvalue weighted by Crippen LogP contribution is -2.29. The minimum Gasteiger partial charge on any atom is -0.293 e. The third-order valence-electron chi connectivity index (χ3n) is 4.07. The summed E-state index contributed by atoms with van der Waals surface area (Å²) in [6, 6.07) is 23.9. The van der Waals surface area contributed by atoms with Crippen molar-refractivity contribution in [2.75, 3.05) is 0 Å². The molecule has 0 saturated carbocycles. The first-order chi connectivity index (χ1) is 10.1. The molecule has 0 radical (unpaired) electrons. The summed E-state index contributed by atoms with van der Waals surface area (Å²) in [6.45, 7) is 4.01. The van der Waals surface area contributed by atoms with Gasteiger partial charge in [0.15, 0.2) is 5.78 Å². The molecule has 0 heterocycles. The summed E-state index contributed by atoms with van der Waals surface area (Å²) in [5, 5.41) is 2.32. The summed E-state index contributed by atoms with van der Waals surface area (Å²) in [4.78, 5) is 12.9. The van der Waals surface area contributed by atoms with Gasteiger partial charge in [-0.05, 0) is 30.2 Å². The van der Waals surface area contributed by atoms with E-state index in [9.17, 15) is 4.79 Å². The van der Waals surface area contributed by atoms with Crippen molar-refractivity contribution in [3.05, 3.63) is 83.9 Å². The number of ketones is 1. The maximum Gasteiger partial charge on any atom is 0.172 e. The summed E-state index contributed by atoms with van der Waals surface area (Å²) >= 11 is 0. The second-order valence-corrected chi connectivity index (χ2v) is 5.85. The van der Waals surface area contributed by atoms with Crippen LogP contribution in [0.25, 0.3) is 10.8 Å².